The Labute approximate surface area is 165 Å². The number of benzene rings is 2. The normalized spacial score (nSPS) is 16.6. The summed E-state index contributed by atoms with van der Waals surface area (Å²) in [5.41, 5.74) is 2.23. The average molecular weight is 402 g/mol. The Balaban J connectivity index is 1.58. The second-order valence-electron chi connectivity index (χ2n) is 6.64. The molecule has 1 aliphatic heterocycles. The molecule has 0 N–H and O–H groups in total. The van der Waals surface area contributed by atoms with Crippen molar-refractivity contribution in [2.75, 3.05) is 18.6 Å². The van der Waals surface area contributed by atoms with Crippen molar-refractivity contribution in [3.8, 4) is 17.1 Å². The number of aryl methyl sites for hydroxylation is 1. The van der Waals surface area contributed by atoms with Gasteiger partial charge in [0.1, 0.15) is 11.6 Å². The molecule has 3 aromatic rings. The smallest absolute Gasteiger partial charge is 0.232 e. The number of ether oxygens (including phenoxy) is 1. The minimum Gasteiger partial charge on any atom is -0.497 e. The van der Waals surface area contributed by atoms with Crippen molar-refractivity contribution in [3.05, 3.63) is 58.7 Å². The van der Waals surface area contributed by atoms with Gasteiger partial charge in [0.2, 0.25) is 17.6 Å². The molecule has 0 aliphatic carbocycles. The van der Waals surface area contributed by atoms with Gasteiger partial charge in [-0.1, -0.05) is 22.8 Å². The molecule has 1 aromatic heterocycles. The zero-order valence-corrected chi connectivity index (χ0v) is 16.0. The summed E-state index contributed by atoms with van der Waals surface area (Å²) < 4.78 is 24.3. The van der Waals surface area contributed by atoms with Crippen LogP contribution in [0.3, 0.4) is 0 Å². The van der Waals surface area contributed by atoms with Gasteiger partial charge in [0.15, 0.2) is 0 Å². The minimum absolute atomic E-state index is 0.0261. The molecular formula is C20H17ClFN3O3. The predicted molar refractivity (Wildman–Crippen MR) is 102 cm³/mol. The number of anilines is 1. The van der Waals surface area contributed by atoms with E-state index in [9.17, 15) is 9.18 Å². The SMILES string of the molecule is COc1ccc(C)c(N2CC(c3nc(-c4ccc(Cl)c(F)c4)no3)CC2=O)c1. The van der Waals surface area contributed by atoms with E-state index < -0.39 is 5.82 Å². The summed E-state index contributed by atoms with van der Waals surface area (Å²) in [4.78, 5) is 18.7. The molecule has 8 heteroatoms. The van der Waals surface area contributed by atoms with Gasteiger partial charge < -0.3 is 14.2 Å². The number of halogens is 2. The summed E-state index contributed by atoms with van der Waals surface area (Å²) in [5.74, 6) is 0.467. The lowest BCUT2D eigenvalue weighted by Gasteiger charge is -2.19. The first kappa shape index (κ1) is 18.4. The van der Waals surface area contributed by atoms with Crippen molar-refractivity contribution >= 4 is 23.2 Å². The summed E-state index contributed by atoms with van der Waals surface area (Å²) in [5, 5.41) is 3.95. The molecule has 144 valence electrons. The van der Waals surface area contributed by atoms with Crippen LogP contribution in [-0.2, 0) is 4.79 Å². The van der Waals surface area contributed by atoms with E-state index in [1.165, 1.54) is 12.1 Å². The Hall–Kier alpha value is -2.93. The third-order valence-electron chi connectivity index (χ3n) is 4.80. The fourth-order valence-corrected chi connectivity index (χ4v) is 3.38. The van der Waals surface area contributed by atoms with Gasteiger partial charge >= 0.3 is 0 Å². The molecule has 1 fully saturated rings. The molecule has 6 nitrogen and oxygen atoms in total. The second kappa shape index (κ2) is 7.24. The Morgan fingerprint density at radius 2 is 2.11 bits per heavy atom. The highest BCUT2D eigenvalue weighted by Crippen LogP contribution is 2.35. The summed E-state index contributed by atoms with van der Waals surface area (Å²) in [7, 11) is 1.59. The lowest BCUT2D eigenvalue weighted by Crippen LogP contribution is -2.25. The van der Waals surface area contributed by atoms with Crippen molar-refractivity contribution in [1.82, 2.24) is 10.1 Å². The van der Waals surface area contributed by atoms with Crippen LogP contribution in [0, 0.1) is 12.7 Å². The van der Waals surface area contributed by atoms with E-state index >= 15 is 0 Å². The molecule has 0 saturated carbocycles. The third kappa shape index (κ3) is 3.33. The standard InChI is InChI=1S/C20H17ClFN3O3/c1-11-3-5-14(27-2)9-17(11)25-10-13(8-18(25)26)20-23-19(24-28-20)12-4-6-15(21)16(22)7-12/h3-7,9,13H,8,10H2,1-2H3. The van der Waals surface area contributed by atoms with E-state index in [4.69, 9.17) is 20.9 Å². The largest absolute Gasteiger partial charge is 0.497 e. The summed E-state index contributed by atoms with van der Waals surface area (Å²) >= 11 is 5.71. The van der Waals surface area contributed by atoms with Crippen molar-refractivity contribution < 1.29 is 18.4 Å². The molecule has 1 amide bonds. The number of aromatic nitrogens is 2. The summed E-state index contributed by atoms with van der Waals surface area (Å²) in [6, 6.07) is 9.91. The highest BCUT2D eigenvalue weighted by atomic mass is 35.5. The molecule has 1 atom stereocenters. The zero-order chi connectivity index (χ0) is 19.8. The van der Waals surface area contributed by atoms with Gasteiger partial charge in [0, 0.05) is 24.6 Å². The fourth-order valence-electron chi connectivity index (χ4n) is 3.27. The lowest BCUT2D eigenvalue weighted by molar-refractivity contribution is -0.117. The first-order chi connectivity index (χ1) is 13.5. The van der Waals surface area contributed by atoms with E-state index in [1.54, 1.807) is 18.1 Å². The van der Waals surface area contributed by atoms with E-state index in [-0.39, 0.29) is 29.1 Å². The maximum atomic E-state index is 13.7. The van der Waals surface area contributed by atoms with Crippen LogP contribution in [0.5, 0.6) is 5.75 Å². The van der Waals surface area contributed by atoms with Gasteiger partial charge in [-0.2, -0.15) is 4.98 Å². The Morgan fingerprint density at radius 3 is 2.86 bits per heavy atom. The van der Waals surface area contributed by atoms with Crippen LogP contribution in [0.4, 0.5) is 10.1 Å². The van der Waals surface area contributed by atoms with Crippen LogP contribution in [0.2, 0.25) is 5.02 Å². The van der Waals surface area contributed by atoms with Gasteiger partial charge in [-0.3, -0.25) is 4.79 Å². The first-order valence-corrected chi connectivity index (χ1v) is 9.08. The van der Waals surface area contributed by atoms with Gasteiger partial charge in [-0.15, -0.1) is 0 Å². The van der Waals surface area contributed by atoms with E-state index in [0.29, 0.717) is 23.7 Å². The Bertz CT molecular complexity index is 1050. The van der Waals surface area contributed by atoms with E-state index in [1.807, 2.05) is 25.1 Å². The van der Waals surface area contributed by atoms with Gasteiger partial charge in [0.25, 0.3) is 0 Å². The van der Waals surface area contributed by atoms with Gasteiger partial charge in [-0.25, -0.2) is 4.39 Å². The van der Waals surface area contributed by atoms with Crippen LogP contribution in [0.25, 0.3) is 11.4 Å². The number of hydrogen-bond acceptors (Lipinski definition) is 5. The maximum absolute atomic E-state index is 13.7. The number of hydrogen-bond donors (Lipinski definition) is 0. The molecule has 2 aromatic carbocycles. The predicted octanol–water partition coefficient (Wildman–Crippen LogP) is 4.37. The number of carbonyl (C=O) groups is 1. The molecule has 1 saturated heterocycles. The molecule has 4 rings (SSSR count). The monoisotopic (exact) mass is 401 g/mol. The van der Waals surface area contributed by atoms with Crippen molar-refractivity contribution in [2.45, 2.75) is 19.3 Å². The summed E-state index contributed by atoms with van der Waals surface area (Å²) in [6.07, 6.45) is 0.257. The highest BCUT2D eigenvalue weighted by Gasteiger charge is 2.36. The Kier molecular flexibility index (Phi) is 4.77. The number of amides is 1. The maximum Gasteiger partial charge on any atom is 0.232 e. The quantitative estimate of drug-likeness (QED) is 0.649. The molecule has 2 heterocycles. The number of nitrogens with zero attached hydrogens (tertiary/aromatic N) is 3. The molecule has 0 bridgehead atoms. The van der Waals surface area contributed by atoms with Crippen LogP contribution in [0.15, 0.2) is 40.9 Å². The zero-order valence-electron chi connectivity index (χ0n) is 15.3. The van der Waals surface area contributed by atoms with Crippen LogP contribution < -0.4 is 9.64 Å². The number of rotatable bonds is 4. The van der Waals surface area contributed by atoms with Crippen molar-refractivity contribution in [2.24, 2.45) is 0 Å². The summed E-state index contributed by atoms with van der Waals surface area (Å²) in [6.45, 7) is 2.36. The van der Waals surface area contributed by atoms with E-state index in [2.05, 4.69) is 10.1 Å². The molecule has 28 heavy (non-hydrogen) atoms. The first-order valence-electron chi connectivity index (χ1n) is 8.70. The van der Waals surface area contributed by atoms with Gasteiger partial charge in [-0.05, 0) is 36.8 Å². The minimum atomic E-state index is -0.554. The number of carbonyl (C=O) groups excluding carboxylic acids is 1. The molecular weight excluding hydrogens is 385 g/mol. The molecule has 1 unspecified atom stereocenters. The van der Waals surface area contributed by atoms with Crippen LogP contribution in [0.1, 0.15) is 23.8 Å². The molecule has 0 radical (unpaired) electrons. The lowest BCUT2D eigenvalue weighted by atomic mass is 10.1. The topological polar surface area (TPSA) is 68.5 Å². The van der Waals surface area contributed by atoms with E-state index in [0.717, 1.165) is 11.3 Å². The van der Waals surface area contributed by atoms with Crippen molar-refractivity contribution in [3.63, 3.8) is 0 Å². The molecule has 0 spiro atoms. The van der Waals surface area contributed by atoms with Gasteiger partial charge in [0.05, 0.1) is 23.7 Å². The number of methoxy groups -OCH3 is 1. The van der Waals surface area contributed by atoms with Crippen molar-refractivity contribution in [1.29, 1.82) is 0 Å². The second-order valence-corrected chi connectivity index (χ2v) is 7.05. The van der Waals surface area contributed by atoms with Crippen LogP contribution in [-0.4, -0.2) is 29.7 Å². The fraction of sp³-hybridized carbons (Fsp3) is 0.250. The molecule has 1 aliphatic rings. The van der Waals surface area contributed by atoms with Crippen LogP contribution >= 0.6 is 11.6 Å². The average Bonchev–Trinajstić information content (AvgIpc) is 3.31. The Morgan fingerprint density at radius 1 is 1.29 bits per heavy atom. The third-order valence-corrected chi connectivity index (χ3v) is 5.11. The highest BCUT2D eigenvalue weighted by molar-refractivity contribution is 6.30.